The number of rotatable bonds is 4. The lowest BCUT2D eigenvalue weighted by Gasteiger charge is -2.25. The number of hydrogen-bond donors (Lipinski definition) is 0. The largest absolute Gasteiger partial charge is 0.0777 e. The minimum absolute atomic E-state index is 0.321. The molecule has 1 unspecified atom stereocenters. The summed E-state index contributed by atoms with van der Waals surface area (Å²) in [7, 11) is 0. The lowest BCUT2D eigenvalue weighted by atomic mass is 9.80. The predicted octanol–water partition coefficient (Wildman–Crippen LogP) is 5.26. The van der Waals surface area contributed by atoms with Gasteiger partial charge in [-0.1, -0.05) is 74.0 Å². The molecule has 0 spiro atoms. The van der Waals surface area contributed by atoms with Gasteiger partial charge in [-0.05, 0) is 29.9 Å². The van der Waals surface area contributed by atoms with Crippen LogP contribution in [0, 0.1) is 0 Å². The molecule has 0 bridgehead atoms. The van der Waals surface area contributed by atoms with Gasteiger partial charge in [-0.15, -0.1) is 0 Å². The van der Waals surface area contributed by atoms with Crippen LogP contribution in [-0.4, -0.2) is 0 Å². The molecule has 0 amide bonds. The van der Waals surface area contributed by atoms with Gasteiger partial charge in [0.25, 0.3) is 0 Å². The van der Waals surface area contributed by atoms with E-state index in [1.807, 2.05) is 0 Å². The first-order valence-electron chi connectivity index (χ1n) is 5.72. The Morgan fingerprint density at radius 2 is 1.73 bits per heavy atom. The van der Waals surface area contributed by atoms with E-state index in [4.69, 9.17) is 0 Å². The molecule has 0 aliphatic carbocycles. The second kappa shape index (κ2) is 5.33. The topological polar surface area (TPSA) is 0 Å². The van der Waals surface area contributed by atoms with Gasteiger partial charge in [0.2, 0.25) is 0 Å². The molecule has 1 rings (SSSR count). The molecule has 1 aromatic carbocycles. The quantitative estimate of drug-likeness (QED) is 0.525. The normalized spacial score (nSPS) is 13.9. The zero-order chi connectivity index (χ0) is 11.5. The maximum atomic E-state index is 2.46. The fraction of sp³-hybridized carbons (Fsp3) is 0.571. The molecular weight excluding hydrogens is 295 g/mol. The SMILES string of the molecule is CCCC(C)(C)c1ccc(C(C)I)cc1. The third kappa shape index (κ3) is 3.47. The first-order valence-corrected chi connectivity index (χ1v) is 6.96. The van der Waals surface area contributed by atoms with E-state index in [2.05, 4.69) is 74.6 Å². The zero-order valence-electron chi connectivity index (χ0n) is 10.2. The molecule has 84 valence electrons. The van der Waals surface area contributed by atoms with Crippen molar-refractivity contribution in [3.8, 4) is 0 Å². The molecular formula is C14H21I. The Hall–Kier alpha value is -0.0500. The first-order chi connectivity index (χ1) is 6.97. The van der Waals surface area contributed by atoms with E-state index < -0.39 is 0 Å². The van der Waals surface area contributed by atoms with E-state index in [0.717, 1.165) is 0 Å². The van der Waals surface area contributed by atoms with Crippen LogP contribution < -0.4 is 0 Å². The van der Waals surface area contributed by atoms with Crippen molar-refractivity contribution in [2.75, 3.05) is 0 Å². The third-order valence-electron chi connectivity index (χ3n) is 3.03. The van der Waals surface area contributed by atoms with Gasteiger partial charge >= 0.3 is 0 Å². The number of alkyl halides is 1. The highest BCUT2D eigenvalue weighted by atomic mass is 127. The summed E-state index contributed by atoms with van der Waals surface area (Å²) >= 11 is 2.46. The Balaban J connectivity index is 2.88. The zero-order valence-corrected chi connectivity index (χ0v) is 12.3. The maximum Gasteiger partial charge on any atom is 0.0331 e. The van der Waals surface area contributed by atoms with Crippen molar-refractivity contribution in [1.82, 2.24) is 0 Å². The predicted molar refractivity (Wildman–Crippen MR) is 76.8 cm³/mol. The summed E-state index contributed by atoms with van der Waals surface area (Å²) in [5.41, 5.74) is 3.21. The molecule has 0 fully saturated rings. The van der Waals surface area contributed by atoms with Crippen molar-refractivity contribution in [3.63, 3.8) is 0 Å². The monoisotopic (exact) mass is 316 g/mol. The standard InChI is InChI=1S/C14H21I/c1-5-10-14(3,4)13-8-6-12(7-9-13)11(2)15/h6-9,11H,5,10H2,1-4H3. The molecule has 0 aliphatic heterocycles. The summed E-state index contributed by atoms with van der Waals surface area (Å²) < 4.78 is 0.603. The van der Waals surface area contributed by atoms with Crippen LogP contribution in [0.4, 0.5) is 0 Å². The van der Waals surface area contributed by atoms with Crippen LogP contribution in [0.15, 0.2) is 24.3 Å². The van der Waals surface area contributed by atoms with E-state index in [-0.39, 0.29) is 0 Å². The van der Waals surface area contributed by atoms with Crippen molar-refractivity contribution in [2.24, 2.45) is 0 Å². The fourth-order valence-electron chi connectivity index (χ4n) is 1.97. The first kappa shape index (κ1) is 13.0. The molecule has 15 heavy (non-hydrogen) atoms. The summed E-state index contributed by atoms with van der Waals surface area (Å²) in [4.78, 5) is 0. The molecule has 0 aromatic heterocycles. The fourth-order valence-corrected chi connectivity index (χ4v) is 2.38. The van der Waals surface area contributed by atoms with Crippen molar-refractivity contribution in [2.45, 2.75) is 49.9 Å². The minimum Gasteiger partial charge on any atom is -0.0777 e. The Morgan fingerprint density at radius 1 is 1.20 bits per heavy atom. The van der Waals surface area contributed by atoms with Crippen LogP contribution in [0.5, 0.6) is 0 Å². The average Bonchev–Trinajstić information content (AvgIpc) is 2.18. The highest BCUT2D eigenvalue weighted by Crippen LogP contribution is 2.30. The lowest BCUT2D eigenvalue weighted by Crippen LogP contribution is -2.16. The van der Waals surface area contributed by atoms with Gasteiger partial charge in [0.05, 0.1) is 0 Å². The van der Waals surface area contributed by atoms with Gasteiger partial charge in [-0.3, -0.25) is 0 Å². The van der Waals surface area contributed by atoms with Crippen LogP contribution >= 0.6 is 22.6 Å². The van der Waals surface area contributed by atoms with E-state index in [1.165, 1.54) is 24.0 Å². The molecule has 1 heteroatoms. The van der Waals surface area contributed by atoms with Crippen molar-refractivity contribution < 1.29 is 0 Å². The van der Waals surface area contributed by atoms with Crippen molar-refractivity contribution in [3.05, 3.63) is 35.4 Å². The Labute approximate surface area is 108 Å². The smallest absolute Gasteiger partial charge is 0.0331 e. The van der Waals surface area contributed by atoms with Gasteiger partial charge in [0, 0.05) is 3.92 Å². The van der Waals surface area contributed by atoms with Crippen molar-refractivity contribution >= 4 is 22.6 Å². The highest BCUT2D eigenvalue weighted by Gasteiger charge is 2.19. The summed E-state index contributed by atoms with van der Waals surface area (Å²) in [6, 6.07) is 9.12. The molecule has 0 saturated heterocycles. The molecule has 0 heterocycles. The molecule has 0 radical (unpaired) electrons. The molecule has 0 nitrogen and oxygen atoms in total. The maximum absolute atomic E-state index is 2.46. The van der Waals surface area contributed by atoms with E-state index >= 15 is 0 Å². The van der Waals surface area contributed by atoms with Crippen LogP contribution in [0.1, 0.15) is 55.6 Å². The van der Waals surface area contributed by atoms with E-state index in [9.17, 15) is 0 Å². The van der Waals surface area contributed by atoms with Gasteiger partial charge in [-0.25, -0.2) is 0 Å². The molecule has 1 aromatic rings. The number of hydrogen-bond acceptors (Lipinski definition) is 0. The molecule has 0 saturated carbocycles. The van der Waals surface area contributed by atoms with Crippen LogP contribution in [-0.2, 0) is 5.41 Å². The van der Waals surface area contributed by atoms with Gasteiger partial charge in [-0.2, -0.15) is 0 Å². The Kier molecular flexibility index (Phi) is 4.63. The molecule has 1 atom stereocenters. The van der Waals surface area contributed by atoms with E-state index in [1.54, 1.807) is 0 Å². The number of benzene rings is 1. The van der Waals surface area contributed by atoms with E-state index in [0.29, 0.717) is 9.34 Å². The van der Waals surface area contributed by atoms with Crippen LogP contribution in [0.2, 0.25) is 0 Å². The number of halogens is 1. The van der Waals surface area contributed by atoms with Gasteiger partial charge in [0.15, 0.2) is 0 Å². The Bertz CT molecular complexity index is 296. The minimum atomic E-state index is 0.321. The Morgan fingerprint density at radius 3 is 2.13 bits per heavy atom. The summed E-state index contributed by atoms with van der Waals surface area (Å²) in [5.74, 6) is 0. The second-order valence-electron chi connectivity index (χ2n) is 4.87. The second-order valence-corrected chi connectivity index (χ2v) is 6.74. The van der Waals surface area contributed by atoms with Crippen LogP contribution in [0.25, 0.3) is 0 Å². The van der Waals surface area contributed by atoms with Crippen LogP contribution in [0.3, 0.4) is 0 Å². The summed E-state index contributed by atoms with van der Waals surface area (Å²) in [5, 5.41) is 0. The lowest BCUT2D eigenvalue weighted by molar-refractivity contribution is 0.473. The molecule has 0 N–H and O–H groups in total. The van der Waals surface area contributed by atoms with Gasteiger partial charge < -0.3 is 0 Å². The van der Waals surface area contributed by atoms with Gasteiger partial charge in [0.1, 0.15) is 0 Å². The third-order valence-corrected chi connectivity index (χ3v) is 3.75. The summed E-state index contributed by atoms with van der Waals surface area (Å²) in [6.07, 6.45) is 2.50. The summed E-state index contributed by atoms with van der Waals surface area (Å²) in [6.45, 7) is 9.15. The average molecular weight is 316 g/mol. The molecule has 0 aliphatic rings. The highest BCUT2D eigenvalue weighted by molar-refractivity contribution is 14.1. The van der Waals surface area contributed by atoms with Crippen molar-refractivity contribution in [1.29, 1.82) is 0 Å².